The minimum absolute atomic E-state index is 0.0802. The number of amides is 1. The molecule has 1 saturated carbocycles. The van der Waals surface area contributed by atoms with Crippen LogP contribution in [-0.4, -0.2) is 37.0 Å². The highest BCUT2D eigenvalue weighted by atomic mass is 19.3. The summed E-state index contributed by atoms with van der Waals surface area (Å²) in [6.07, 6.45) is -0.430. The number of nitro groups is 1. The Kier molecular flexibility index (Phi) is 5.88. The number of methoxy groups -OCH3 is 1. The average Bonchev–Trinajstić information content (AvgIpc) is 2.90. The maximum atomic E-state index is 13.2. The van der Waals surface area contributed by atoms with Crippen molar-refractivity contribution in [1.82, 2.24) is 5.32 Å². The lowest BCUT2D eigenvalue weighted by Gasteiger charge is -2.14. The molecule has 1 aromatic rings. The molecule has 7 nitrogen and oxygen atoms in total. The predicted octanol–water partition coefficient (Wildman–Crippen LogP) is 3.37. The van der Waals surface area contributed by atoms with Crippen LogP contribution in [0.15, 0.2) is 12.1 Å². The molecule has 0 bridgehead atoms. The van der Waals surface area contributed by atoms with Gasteiger partial charge in [-0.05, 0) is 12.3 Å². The van der Waals surface area contributed by atoms with Gasteiger partial charge in [-0.3, -0.25) is 14.9 Å². The van der Waals surface area contributed by atoms with Crippen LogP contribution < -0.4 is 14.8 Å². The Balaban J connectivity index is 2.20. The van der Waals surface area contributed by atoms with Gasteiger partial charge in [0.1, 0.15) is 5.56 Å². The number of alkyl halides is 4. The first-order valence-corrected chi connectivity index (χ1v) is 7.60. The number of ether oxygens (including phenoxy) is 2. The third-order valence-electron chi connectivity index (χ3n) is 4.00. The highest BCUT2D eigenvalue weighted by Crippen LogP contribution is 2.39. The van der Waals surface area contributed by atoms with Crippen molar-refractivity contribution in [3.05, 3.63) is 27.8 Å². The summed E-state index contributed by atoms with van der Waals surface area (Å²) in [5.74, 6) is -5.02. The van der Waals surface area contributed by atoms with E-state index in [4.69, 9.17) is 4.74 Å². The molecule has 0 radical (unpaired) electrons. The topological polar surface area (TPSA) is 90.7 Å². The van der Waals surface area contributed by atoms with Crippen LogP contribution in [-0.2, 0) is 0 Å². The number of carbonyl (C=O) groups excluding carboxylic acids is 1. The second-order valence-electron chi connectivity index (χ2n) is 5.83. The fourth-order valence-electron chi connectivity index (χ4n) is 2.78. The standard InChI is InChI=1S/C15H16F4N2O5/c1-25-11-4-9(10(21(23)24)5-12(11)26-14(16)17)13(22)20-7-8-2-3-15(18,19)6-8/h4-5,8,14H,2-3,6-7H2,1H3,(H,20,22). The van der Waals surface area contributed by atoms with Gasteiger partial charge in [0, 0.05) is 25.5 Å². The van der Waals surface area contributed by atoms with Crippen molar-refractivity contribution >= 4 is 11.6 Å². The highest BCUT2D eigenvalue weighted by Gasteiger charge is 2.39. The molecule has 11 heteroatoms. The van der Waals surface area contributed by atoms with Gasteiger partial charge in [-0.25, -0.2) is 8.78 Å². The summed E-state index contributed by atoms with van der Waals surface area (Å²) in [5, 5.41) is 13.5. The molecule has 1 N–H and O–H groups in total. The molecule has 0 spiro atoms. The summed E-state index contributed by atoms with van der Waals surface area (Å²) in [7, 11) is 1.11. The van der Waals surface area contributed by atoms with Crippen molar-refractivity contribution < 1.29 is 36.8 Å². The molecule has 144 valence electrons. The van der Waals surface area contributed by atoms with Gasteiger partial charge in [-0.2, -0.15) is 8.78 Å². The van der Waals surface area contributed by atoms with E-state index in [-0.39, 0.29) is 31.6 Å². The van der Waals surface area contributed by atoms with E-state index >= 15 is 0 Å². The second kappa shape index (κ2) is 7.75. The fourth-order valence-corrected chi connectivity index (χ4v) is 2.78. The summed E-state index contributed by atoms with van der Waals surface area (Å²) >= 11 is 0. The SMILES string of the molecule is COc1cc(C(=O)NCC2CCC(F)(F)C2)c([N+](=O)[O-])cc1OC(F)F. The first-order chi connectivity index (χ1) is 12.1. The maximum Gasteiger partial charge on any atom is 0.387 e. The molecule has 2 rings (SSSR count). The maximum absolute atomic E-state index is 13.2. The number of nitrogens with one attached hydrogen (secondary N) is 1. The van der Waals surface area contributed by atoms with Crippen LogP contribution in [0.2, 0.25) is 0 Å². The van der Waals surface area contributed by atoms with Crippen LogP contribution in [0.25, 0.3) is 0 Å². The lowest BCUT2D eigenvalue weighted by molar-refractivity contribution is -0.385. The van der Waals surface area contributed by atoms with Gasteiger partial charge in [0.05, 0.1) is 18.1 Å². The fraction of sp³-hybridized carbons (Fsp3) is 0.533. The first kappa shape index (κ1) is 19.7. The number of benzene rings is 1. The van der Waals surface area contributed by atoms with Gasteiger partial charge in [-0.15, -0.1) is 0 Å². The summed E-state index contributed by atoms with van der Waals surface area (Å²) < 4.78 is 60.1. The quantitative estimate of drug-likeness (QED) is 0.445. The van der Waals surface area contributed by atoms with E-state index in [1.54, 1.807) is 0 Å². The van der Waals surface area contributed by atoms with Crippen LogP contribution in [0.3, 0.4) is 0 Å². The van der Waals surface area contributed by atoms with Gasteiger partial charge in [-0.1, -0.05) is 0 Å². The number of nitro benzene ring substituents is 1. The van der Waals surface area contributed by atoms with Gasteiger partial charge in [0.25, 0.3) is 11.6 Å². The van der Waals surface area contributed by atoms with Gasteiger partial charge in [0.2, 0.25) is 5.92 Å². The number of rotatable bonds is 7. The lowest BCUT2D eigenvalue weighted by atomic mass is 10.1. The Hall–Kier alpha value is -2.59. The third-order valence-corrected chi connectivity index (χ3v) is 4.00. The Morgan fingerprint density at radius 2 is 2.12 bits per heavy atom. The van der Waals surface area contributed by atoms with Gasteiger partial charge < -0.3 is 14.8 Å². The Bertz CT molecular complexity index is 699. The molecular formula is C15H16F4N2O5. The first-order valence-electron chi connectivity index (χ1n) is 7.60. The summed E-state index contributed by atoms with van der Waals surface area (Å²) in [5.41, 5.74) is -1.21. The Morgan fingerprint density at radius 3 is 2.62 bits per heavy atom. The average molecular weight is 380 g/mol. The van der Waals surface area contributed by atoms with Crippen molar-refractivity contribution in [3.8, 4) is 11.5 Å². The molecule has 1 aliphatic rings. The van der Waals surface area contributed by atoms with Crippen LogP contribution in [0.1, 0.15) is 29.6 Å². The van der Waals surface area contributed by atoms with Crippen molar-refractivity contribution in [2.45, 2.75) is 31.8 Å². The van der Waals surface area contributed by atoms with Crippen molar-refractivity contribution in [1.29, 1.82) is 0 Å². The minimum Gasteiger partial charge on any atom is -0.493 e. The molecule has 0 aromatic heterocycles. The lowest BCUT2D eigenvalue weighted by Crippen LogP contribution is -2.29. The number of carbonyl (C=O) groups is 1. The van der Waals surface area contributed by atoms with E-state index in [1.807, 2.05) is 0 Å². The molecule has 0 aliphatic heterocycles. The van der Waals surface area contributed by atoms with E-state index < -0.39 is 46.3 Å². The zero-order valence-electron chi connectivity index (χ0n) is 13.6. The molecule has 26 heavy (non-hydrogen) atoms. The predicted molar refractivity (Wildman–Crippen MR) is 80.9 cm³/mol. The van der Waals surface area contributed by atoms with E-state index in [0.29, 0.717) is 6.07 Å². The molecule has 1 fully saturated rings. The smallest absolute Gasteiger partial charge is 0.387 e. The van der Waals surface area contributed by atoms with Crippen molar-refractivity contribution in [2.24, 2.45) is 5.92 Å². The number of nitrogens with zero attached hydrogens (tertiary/aromatic N) is 1. The molecular weight excluding hydrogens is 364 g/mol. The number of halogens is 4. The summed E-state index contributed by atoms with van der Waals surface area (Å²) in [6, 6.07) is 1.55. The molecule has 1 amide bonds. The molecule has 0 heterocycles. The molecule has 1 unspecified atom stereocenters. The summed E-state index contributed by atoms with van der Waals surface area (Å²) in [4.78, 5) is 22.5. The number of hydrogen-bond acceptors (Lipinski definition) is 5. The van der Waals surface area contributed by atoms with E-state index in [9.17, 15) is 32.5 Å². The summed E-state index contributed by atoms with van der Waals surface area (Å²) in [6.45, 7) is -3.32. The van der Waals surface area contributed by atoms with Crippen molar-refractivity contribution in [2.75, 3.05) is 13.7 Å². The van der Waals surface area contributed by atoms with Crippen molar-refractivity contribution in [3.63, 3.8) is 0 Å². The molecule has 1 aliphatic carbocycles. The highest BCUT2D eigenvalue weighted by molar-refractivity contribution is 5.99. The number of hydrogen-bond donors (Lipinski definition) is 1. The Labute approximate surface area is 145 Å². The van der Waals surface area contributed by atoms with E-state index in [1.165, 1.54) is 0 Å². The van der Waals surface area contributed by atoms with E-state index in [2.05, 4.69) is 10.1 Å². The van der Waals surface area contributed by atoms with Crippen LogP contribution in [0.4, 0.5) is 23.2 Å². The van der Waals surface area contributed by atoms with Crippen LogP contribution in [0.5, 0.6) is 11.5 Å². The molecule has 1 aromatic carbocycles. The van der Waals surface area contributed by atoms with Crippen LogP contribution in [0, 0.1) is 16.0 Å². The normalized spacial score (nSPS) is 18.6. The minimum atomic E-state index is -3.24. The second-order valence-corrected chi connectivity index (χ2v) is 5.83. The van der Waals surface area contributed by atoms with E-state index in [0.717, 1.165) is 13.2 Å². The zero-order valence-corrected chi connectivity index (χ0v) is 13.6. The monoisotopic (exact) mass is 380 g/mol. The van der Waals surface area contributed by atoms with Gasteiger partial charge >= 0.3 is 6.61 Å². The zero-order chi connectivity index (χ0) is 19.5. The Morgan fingerprint density at radius 1 is 1.42 bits per heavy atom. The molecule has 0 saturated heterocycles. The molecule has 1 atom stereocenters. The largest absolute Gasteiger partial charge is 0.493 e. The van der Waals surface area contributed by atoms with Gasteiger partial charge in [0.15, 0.2) is 11.5 Å². The van der Waals surface area contributed by atoms with Crippen LogP contribution >= 0.6 is 0 Å². The third kappa shape index (κ3) is 4.73.